The van der Waals surface area contributed by atoms with Crippen LogP contribution in [0.2, 0.25) is 0 Å². The molecule has 0 fully saturated rings. The van der Waals surface area contributed by atoms with Crippen LogP contribution in [0.4, 0.5) is 0 Å². The summed E-state index contributed by atoms with van der Waals surface area (Å²) in [7, 11) is 0. The van der Waals surface area contributed by atoms with E-state index in [2.05, 4.69) is 52.6 Å². The molecule has 0 bridgehead atoms. The summed E-state index contributed by atoms with van der Waals surface area (Å²) in [6, 6.07) is 20.5. The van der Waals surface area contributed by atoms with Gasteiger partial charge in [-0.3, -0.25) is 5.10 Å². The Kier molecular flexibility index (Phi) is 5.34. The maximum atomic E-state index is 4.85. The monoisotopic (exact) mass is 375 g/mol. The molecule has 1 N–H and O–H groups in total. The Hall–Kier alpha value is -2.86. The molecule has 0 saturated carbocycles. The molecule has 0 spiro atoms. The first-order valence-electron chi connectivity index (χ1n) is 9.07. The number of nitrogens with zero attached hydrogens (tertiary/aromatic N) is 4. The molecule has 6 heteroatoms. The minimum atomic E-state index is 0.764. The zero-order valence-corrected chi connectivity index (χ0v) is 16.0. The van der Waals surface area contributed by atoms with Gasteiger partial charge in [0.05, 0.1) is 11.4 Å². The molecule has 4 rings (SSSR count). The number of aromatic nitrogens is 5. The van der Waals surface area contributed by atoms with Gasteiger partial charge in [0, 0.05) is 29.5 Å². The van der Waals surface area contributed by atoms with E-state index in [4.69, 9.17) is 5.10 Å². The number of hydrogen-bond donors (Lipinski definition) is 1. The van der Waals surface area contributed by atoms with E-state index in [1.165, 1.54) is 0 Å². The van der Waals surface area contributed by atoms with E-state index in [0.717, 1.165) is 52.1 Å². The lowest BCUT2D eigenvalue weighted by atomic mass is 10.1. The van der Waals surface area contributed by atoms with Crippen molar-refractivity contribution in [3.63, 3.8) is 0 Å². The van der Waals surface area contributed by atoms with Gasteiger partial charge in [0.1, 0.15) is 5.82 Å². The van der Waals surface area contributed by atoms with Crippen LogP contribution in [0.1, 0.15) is 24.7 Å². The van der Waals surface area contributed by atoms with Gasteiger partial charge in [-0.25, -0.2) is 9.67 Å². The lowest BCUT2D eigenvalue weighted by molar-refractivity contribution is 0.840. The van der Waals surface area contributed by atoms with Crippen molar-refractivity contribution in [2.45, 2.75) is 30.7 Å². The molecule has 5 nitrogen and oxygen atoms in total. The fourth-order valence-electron chi connectivity index (χ4n) is 2.90. The van der Waals surface area contributed by atoms with Crippen LogP contribution in [-0.4, -0.2) is 25.0 Å². The Bertz CT molecular complexity index is 992. The van der Waals surface area contributed by atoms with Crippen LogP contribution >= 0.6 is 11.8 Å². The number of para-hydroxylation sites is 1. The topological polar surface area (TPSA) is 59.4 Å². The predicted molar refractivity (Wildman–Crippen MR) is 109 cm³/mol. The van der Waals surface area contributed by atoms with Gasteiger partial charge in [0.15, 0.2) is 0 Å². The van der Waals surface area contributed by atoms with Crippen molar-refractivity contribution in [3.05, 3.63) is 78.2 Å². The molecule has 0 aliphatic rings. The summed E-state index contributed by atoms with van der Waals surface area (Å²) in [6.45, 7) is 2.14. The Morgan fingerprint density at radius 2 is 1.74 bits per heavy atom. The van der Waals surface area contributed by atoms with Crippen LogP contribution in [0.25, 0.3) is 16.9 Å². The second kappa shape index (κ2) is 8.22. The van der Waals surface area contributed by atoms with E-state index >= 15 is 0 Å². The number of rotatable bonds is 7. The third-order valence-corrected chi connectivity index (χ3v) is 5.11. The van der Waals surface area contributed by atoms with Crippen LogP contribution in [0.3, 0.4) is 0 Å². The van der Waals surface area contributed by atoms with Crippen molar-refractivity contribution in [2.75, 3.05) is 0 Å². The van der Waals surface area contributed by atoms with Gasteiger partial charge in [0.2, 0.25) is 5.16 Å². The highest BCUT2D eigenvalue weighted by Crippen LogP contribution is 2.28. The SMILES string of the molecule is CCCc1nc(SCc2cn(-c3ccccc3)nc2-c2ccccc2)n[nH]1. The normalized spacial score (nSPS) is 11.0. The van der Waals surface area contributed by atoms with Crippen molar-refractivity contribution < 1.29 is 0 Å². The third-order valence-electron chi connectivity index (χ3n) is 4.21. The first-order valence-corrected chi connectivity index (χ1v) is 10.1. The van der Waals surface area contributed by atoms with E-state index in [0.29, 0.717) is 0 Å². The van der Waals surface area contributed by atoms with E-state index in [1.54, 1.807) is 11.8 Å². The molecule has 0 atom stereocenters. The molecule has 0 radical (unpaired) electrons. The highest BCUT2D eigenvalue weighted by atomic mass is 32.2. The fraction of sp³-hybridized carbons (Fsp3) is 0.190. The molecule has 0 unspecified atom stereocenters. The van der Waals surface area contributed by atoms with Gasteiger partial charge in [0.25, 0.3) is 0 Å². The number of aromatic amines is 1. The lowest BCUT2D eigenvalue weighted by Crippen LogP contribution is -1.93. The first-order chi connectivity index (χ1) is 13.3. The van der Waals surface area contributed by atoms with Gasteiger partial charge in [-0.1, -0.05) is 67.2 Å². The Balaban J connectivity index is 1.62. The maximum Gasteiger partial charge on any atom is 0.208 e. The van der Waals surface area contributed by atoms with Gasteiger partial charge in [-0.15, -0.1) is 5.10 Å². The van der Waals surface area contributed by atoms with Gasteiger partial charge in [-0.2, -0.15) is 5.10 Å². The smallest absolute Gasteiger partial charge is 0.208 e. The Morgan fingerprint density at radius 1 is 1.00 bits per heavy atom. The molecule has 0 amide bonds. The average Bonchev–Trinajstić information content (AvgIpc) is 3.35. The molecule has 2 heterocycles. The summed E-state index contributed by atoms with van der Waals surface area (Å²) in [6.07, 6.45) is 4.08. The van der Waals surface area contributed by atoms with Gasteiger partial charge >= 0.3 is 0 Å². The zero-order chi connectivity index (χ0) is 18.5. The second-order valence-corrected chi connectivity index (χ2v) is 7.19. The van der Waals surface area contributed by atoms with Crippen molar-refractivity contribution in [1.82, 2.24) is 25.0 Å². The minimum Gasteiger partial charge on any atom is -0.262 e. The molecule has 27 heavy (non-hydrogen) atoms. The summed E-state index contributed by atoms with van der Waals surface area (Å²) >= 11 is 1.63. The highest BCUT2D eigenvalue weighted by Gasteiger charge is 2.14. The summed E-state index contributed by atoms with van der Waals surface area (Å²) in [5.41, 5.74) is 4.33. The lowest BCUT2D eigenvalue weighted by Gasteiger charge is -2.01. The quantitative estimate of drug-likeness (QED) is 0.467. The molecule has 0 aliphatic heterocycles. The molecule has 2 aromatic carbocycles. The molecule has 2 aromatic heterocycles. The fourth-order valence-corrected chi connectivity index (χ4v) is 3.68. The molecule has 4 aromatic rings. The summed E-state index contributed by atoms with van der Waals surface area (Å²) in [5.74, 6) is 1.71. The number of aryl methyl sites for hydroxylation is 1. The number of thioether (sulfide) groups is 1. The largest absolute Gasteiger partial charge is 0.262 e. The standard InChI is InChI=1S/C21H21N5S/c1-2-9-19-22-21(24-23-19)27-15-17-14-26(18-12-7-4-8-13-18)25-20(17)16-10-5-3-6-11-16/h3-8,10-14H,2,9,15H2,1H3,(H,22,23,24). The van der Waals surface area contributed by atoms with E-state index in [9.17, 15) is 0 Å². The minimum absolute atomic E-state index is 0.764. The Labute approximate surface area is 162 Å². The molecular weight excluding hydrogens is 354 g/mol. The number of H-pyrrole nitrogens is 1. The first kappa shape index (κ1) is 17.5. The number of nitrogens with one attached hydrogen (secondary N) is 1. The second-order valence-electron chi connectivity index (χ2n) is 6.25. The van der Waals surface area contributed by atoms with Gasteiger partial charge < -0.3 is 0 Å². The molecule has 0 saturated heterocycles. The van der Waals surface area contributed by atoms with E-state index in [-0.39, 0.29) is 0 Å². The van der Waals surface area contributed by atoms with Crippen molar-refractivity contribution in [2.24, 2.45) is 0 Å². The van der Waals surface area contributed by atoms with Gasteiger partial charge in [-0.05, 0) is 18.6 Å². The van der Waals surface area contributed by atoms with Crippen LogP contribution in [0.5, 0.6) is 0 Å². The molecular formula is C21H21N5S. The molecule has 136 valence electrons. The number of benzene rings is 2. The van der Waals surface area contributed by atoms with Crippen LogP contribution in [0, 0.1) is 0 Å². The maximum absolute atomic E-state index is 4.85. The van der Waals surface area contributed by atoms with Crippen LogP contribution in [-0.2, 0) is 12.2 Å². The van der Waals surface area contributed by atoms with Crippen molar-refractivity contribution in [3.8, 4) is 16.9 Å². The summed E-state index contributed by atoms with van der Waals surface area (Å²) < 4.78 is 1.94. The van der Waals surface area contributed by atoms with Crippen molar-refractivity contribution >= 4 is 11.8 Å². The summed E-state index contributed by atoms with van der Waals surface area (Å²) in [5, 5.41) is 13.0. The Morgan fingerprint density at radius 3 is 2.48 bits per heavy atom. The number of hydrogen-bond acceptors (Lipinski definition) is 4. The zero-order valence-electron chi connectivity index (χ0n) is 15.2. The van der Waals surface area contributed by atoms with Crippen molar-refractivity contribution in [1.29, 1.82) is 0 Å². The average molecular weight is 376 g/mol. The van der Waals surface area contributed by atoms with E-state index < -0.39 is 0 Å². The van der Waals surface area contributed by atoms with E-state index in [1.807, 2.05) is 41.1 Å². The van der Waals surface area contributed by atoms with Crippen LogP contribution < -0.4 is 0 Å². The third kappa shape index (κ3) is 4.11. The predicted octanol–water partition coefficient (Wildman–Crippen LogP) is 4.90. The summed E-state index contributed by atoms with van der Waals surface area (Å²) in [4.78, 5) is 4.55. The highest BCUT2D eigenvalue weighted by molar-refractivity contribution is 7.98. The molecule has 0 aliphatic carbocycles. The van der Waals surface area contributed by atoms with Crippen LogP contribution in [0.15, 0.2) is 72.0 Å².